The van der Waals surface area contributed by atoms with Crippen LogP contribution in [0.5, 0.6) is 11.5 Å². The van der Waals surface area contributed by atoms with Gasteiger partial charge >= 0.3 is 0 Å². The van der Waals surface area contributed by atoms with Gasteiger partial charge in [0.25, 0.3) is 0 Å². The van der Waals surface area contributed by atoms with Gasteiger partial charge in [0, 0.05) is 5.92 Å². The van der Waals surface area contributed by atoms with E-state index in [0.717, 1.165) is 17.9 Å². The molecule has 1 saturated carbocycles. The molecular weight excluding hydrogens is 202 g/mol. The van der Waals surface area contributed by atoms with E-state index < -0.39 is 0 Å². The van der Waals surface area contributed by atoms with E-state index in [1.165, 1.54) is 5.56 Å². The second kappa shape index (κ2) is 3.15. The molecule has 2 unspecified atom stereocenters. The van der Waals surface area contributed by atoms with Crippen LogP contribution in [0.1, 0.15) is 24.8 Å². The highest BCUT2D eigenvalue weighted by atomic mass is 16.6. The number of rotatable bonds is 1. The van der Waals surface area contributed by atoms with Crippen LogP contribution in [0.15, 0.2) is 18.2 Å². The van der Waals surface area contributed by atoms with Crippen molar-refractivity contribution in [1.29, 1.82) is 5.26 Å². The molecule has 1 aliphatic heterocycles. The van der Waals surface area contributed by atoms with Crippen molar-refractivity contribution >= 4 is 0 Å². The van der Waals surface area contributed by atoms with Crippen molar-refractivity contribution in [3.05, 3.63) is 23.8 Å². The van der Waals surface area contributed by atoms with Gasteiger partial charge in [-0.3, -0.25) is 0 Å². The van der Waals surface area contributed by atoms with Crippen LogP contribution < -0.4 is 9.47 Å². The standard InChI is InChI=1S/C13H13NO2/c1-13(8-14)7-10(13)9-2-3-11-12(6-9)16-5-4-15-11/h2-3,6,10H,4-5,7H2,1H3. The van der Waals surface area contributed by atoms with E-state index in [1.807, 2.05) is 25.1 Å². The quantitative estimate of drug-likeness (QED) is 0.722. The van der Waals surface area contributed by atoms with Gasteiger partial charge in [0.05, 0.1) is 11.5 Å². The van der Waals surface area contributed by atoms with Crippen LogP contribution in [0.25, 0.3) is 0 Å². The van der Waals surface area contributed by atoms with Crippen molar-refractivity contribution in [3.63, 3.8) is 0 Å². The minimum Gasteiger partial charge on any atom is -0.486 e. The van der Waals surface area contributed by atoms with Crippen LogP contribution in [0.2, 0.25) is 0 Å². The Balaban J connectivity index is 1.91. The van der Waals surface area contributed by atoms with Crippen LogP contribution in [-0.2, 0) is 0 Å². The maximum atomic E-state index is 9.03. The third-order valence-corrected chi connectivity index (χ3v) is 3.46. The zero-order valence-corrected chi connectivity index (χ0v) is 9.19. The number of benzene rings is 1. The Morgan fingerprint density at radius 1 is 1.31 bits per heavy atom. The molecule has 3 nitrogen and oxygen atoms in total. The Hall–Kier alpha value is -1.69. The molecule has 0 spiro atoms. The third kappa shape index (κ3) is 1.34. The molecule has 1 fully saturated rings. The first-order valence-corrected chi connectivity index (χ1v) is 5.54. The maximum Gasteiger partial charge on any atom is 0.161 e. The largest absolute Gasteiger partial charge is 0.486 e. The van der Waals surface area contributed by atoms with E-state index >= 15 is 0 Å². The molecule has 1 aromatic carbocycles. The first-order chi connectivity index (χ1) is 7.73. The Morgan fingerprint density at radius 3 is 2.75 bits per heavy atom. The van der Waals surface area contributed by atoms with Crippen LogP contribution in [0, 0.1) is 16.7 Å². The molecule has 16 heavy (non-hydrogen) atoms. The van der Waals surface area contributed by atoms with Gasteiger partial charge in [-0.25, -0.2) is 0 Å². The van der Waals surface area contributed by atoms with Crippen molar-refractivity contribution in [3.8, 4) is 17.6 Å². The van der Waals surface area contributed by atoms with Gasteiger partial charge in [-0.2, -0.15) is 5.26 Å². The lowest BCUT2D eigenvalue weighted by Gasteiger charge is -2.19. The van der Waals surface area contributed by atoms with Gasteiger partial charge in [-0.1, -0.05) is 6.07 Å². The van der Waals surface area contributed by atoms with Gasteiger partial charge in [0.1, 0.15) is 13.2 Å². The average Bonchev–Trinajstić information content (AvgIpc) is 3.02. The highest BCUT2D eigenvalue weighted by Crippen LogP contribution is 2.59. The molecule has 0 N–H and O–H groups in total. The molecule has 2 atom stereocenters. The van der Waals surface area contributed by atoms with E-state index in [1.54, 1.807) is 0 Å². The SMILES string of the molecule is CC1(C#N)CC1c1ccc2c(c1)OCCO2. The summed E-state index contributed by atoms with van der Waals surface area (Å²) in [4.78, 5) is 0. The first kappa shape index (κ1) is 9.53. The number of hydrogen-bond donors (Lipinski definition) is 0. The summed E-state index contributed by atoms with van der Waals surface area (Å²) in [6.07, 6.45) is 0.948. The van der Waals surface area contributed by atoms with Crippen molar-refractivity contribution in [2.24, 2.45) is 5.41 Å². The minimum absolute atomic E-state index is 0.177. The summed E-state index contributed by atoms with van der Waals surface area (Å²) in [7, 11) is 0. The summed E-state index contributed by atoms with van der Waals surface area (Å²) < 4.78 is 11.0. The minimum atomic E-state index is -0.177. The van der Waals surface area contributed by atoms with Gasteiger partial charge in [-0.05, 0) is 31.0 Å². The molecule has 0 saturated heterocycles. The molecule has 0 bridgehead atoms. The molecular formula is C13H13NO2. The molecule has 3 heteroatoms. The molecule has 2 aliphatic rings. The monoisotopic (exact) mass is 215 g/mol. The number of nitrogens with zero attached hydrogens (tertiary/aromatic N) is 1. The number of ether oxygens (including phenoxy) is 2. The smallest absolute Gasteiger partial charge is 0.161 e. The van der Waals surface area contributed by atoms with Gasteiger partial charge in [-0.15, -0.1) is 0 Å². The highest BCUT2D eigenvalue weighted by Gasteiger charge is 2.51. The Bertz CT molecular complexity index is 477. The molecule has 1 aliphatic carbocycles. The van der Waals surface area contributed by atoms with Crippen molar-refractivity contribution in [2.75, 3.05) is 13.2 Å². The van der Waals surface area contributed by atoms with Crippen LogP contribution in [-0.4, -0.2) is 13.2 Å². The zero-order chi connectivity index (χ0) is 11.2. The summed E-state index contributed by atoms with van der Waals surface area (Å²) in [5, 5.41) is 9.03. The molecule has 1 heterocycles. The Labute approximate surface area is 94.6 Å². The average molecular weight is 215 g/mol. The topological polar surface area (TPSA) is 42.2 Å². The summed E-state index contributed by atoms with van der Waals surface area (Å²) in [6, 6.07) is 8.37. The van der Waals surface area contributed by atoms with Crippen LogP contribution >= 0.6 is 0 Å². The lowest BCUT2D eigenvalue weighted by atomic mass is 10.0. The number of nitriles is 1. The van der Waals surface area contributed by atoms with Crippen molar-refractivity contribution < 1.29 is 9.47 Å². The van der Waals surface area contributed by atoms with E-state index in [2.05, 4.69) is 6.07 Å². The summed E-state index contributed by atoms with van der Waals surface area (Å²) in [5.41, 5.74) is 1.01. The molecule has 3 rings (SSSR count). The van der Waals surface area contributed by atoms with E-state index in [4.69, 9.17) is 14.7 Å². The fraction of sp³-hybridized carbons (Fsp3) is 0.462. The predicted molar refractivity (Wildman–Crippen MR) is 58.5 cm³/mol. The fourth-order valence-electron chi connectivity index (χ4n) is 2.25. The second-order valence-corrected chi connectivity index (χ2v) is 4.69. The number of hydrogen-bond acceptors (Lipinski definition) is 3. The third-order valence-electron chi connectivity index (χ3n) is 3.46. The van der Waals surface area contributed by atoms with Gasteiger partial charge in [0.2, 0.25) is 0 Å². The maximum absolute atomic E-state index is 9.03. The summed E-state index contributed by atoms with van der Waals surface area (Å²) in [6.45, 7) is 3.23. The highest BCUT2D eigenvalue weighted by molar-refractivity contribution is 5.47. The molecule has 0 radical (unpaired) electrons. The van der Waals surface area contributed by atoms with Crippen molar-refractivity contribution in [2.45, 2.75) is 19.3 Å². The Morgan fingerprint density at radius 2 is 2.06 bits per heavy atom. The van der Waals surface area contributed by atoms with Crippen molar-refractivity contribution in [1.82, 2.24) is 0 Å². The second-order valence-electron chi connectivity index (χ2n) is 4.69. The summed E-state index contributed by atoms with van der Waals surface area (Å²) >= 11 is 0. The van der Waals surface area contributed by atoms with Gasteiger partial charge in [0.15, 0.2) is 11.5 Å². The lowest BCUT2D eigenvalue weighted by Crippen LogP contribution is -2.15. The van der Waals surface area contributed by atoms with Gasteiger partial charge < -0.3 is 9.47 Å². The Kier molecular flexibility index (Phi) is 1.88. The van der Waals surface area contributed by atoms with E-state index in [0.29, 0.717) is 19.1 Å². The molecule has 0 amide bonds. The summed E-state index contributed by atoms with van der Waals surface area (Å²) in [5.74, 6) is 1.98. The van der Waals surface area contributed by atoms with E-state index in [-0.39, 0.29) is 5.41 Å². The van der Waals surface area contributed by atoms with Crippen LogP contribution in [0.3, 0.4) is 0 Å². The predicted octanol–water partition coefficient (Wildman–Crippen LogP) is 2.47. The fourth-order valence-corrected chi connectivity index (χ4v) is 2.25. The molecule has 0 aromatic heterocycles. The normalized spacial score (nSPS) is 30.6. The zero-order valence-electron chi connectivity index (χ0n) is 9.19. The lowest BCUT2D eigenvalue weighted by molar-refractivity contribution is 0.171. The number of fused-ring (bicyclic) bond motifs is 1. The van der Waals surface area contributed by atoms with Crippen LogP contribution in [0.4, 0.5) is 0 Å². The first-order valence-electron chi connectivity index (χ1n) is 5.54. The molecule has 1 aromatic rings. The van der Waals surface area contributed by atoms with E-state index in [9.17, 15) is 0 Å². The molecule has 82 valence electrons.